The number of ether oxygens (including phenoxy) is 1. The molecule has 2 aromatic rings. The zero-order valence-corrected chi connectivity index (χ0v) is 10.4. The molecule has 0 aliphatic rings. The molecule has 1 heterocycles. The summed E-state index contributed by atoms with van der Waals surface area (Å²) in [6.07, 6.45) is 3.55. The predicted molar refractivity (Wildman–Crippen MR) is 67.1 cm³/mol. The molecule has 0 aliphatic heterocycles. The van der Waals surface area contributed by atoms with Crippen LogP contribution in [0.4, 0.5) is 14.7 Å². The first kappa shape index (κ1) is 13.2. The van der Waals surface area contributed by atoms with Crippen molar-refractivity contribution in [2.45, 2.75) is 6.42 Å². The highest BCUT2D eigenvalue weighted by Crippen LogP contribution is 2.10. The third kappa shape index (κ3) is 3.87. The van der Waals surface area contributed by atoms with Gasteiger partial charge in [0.05, 0.1) is 19.5 Å². The maximum Gasteiger partial charge on any atom is 0.222 e. The van der Waals surface area contributed by atoms with Gasteiger partial charge in [0.15, 0.2) is 5.75 Å². The molecule has 0 fully saturated rings. The van der Waals surface area contributed by atoms with Gasteiger partial charge < -0.3 is 10.1 Å². The summed E-state index contributed by atoms with van der Waals surface area (Å²) in [5, 5.41) is 2.96. The van der Waals surface area contributed by atoms with Crippen molar-refractivity contribution in [3.05, 3.63) is 47.8 Å². The number of benzene rings is 1. The molecule has 100 valence electrons. The van der Waals surface area contributed by atoms with E-state index in [0.717, 1.165) is 6.07 Å². The minimum Gasteiger partial charge on any atom is -0.494 e. The third-order valence-electron chi connectivity index (χ3n) is 2.48. The summed E-state index contributed by atoms with van der Waals surface area (Å²) in [5.74, 6) is -0.137. The lowest BCUT2D eigenvalue weighted by Gasteiger charge is -2.05. The molecule has 2 rings (SSSR count). The number of nitrogens with one attached hydrogen (secondary N) is 1. The lowest BCUT2D eigenvalue weighted by atomic mass is 10.1. The molecule has 0 saturated heterocycles. The van der Waals surface area contributed by atoms with E-state index in [9.17, 15) is 8.78 Å². The molecule has 0 unspecified atom stereocenters. The highest BCUT2D eigenvalue weighted by molar-refractivity contribution is 5.28. The van der Waals surface area contributed by atoms with Crippen LogP contribution in [0.1, 0.15) is 5.56 Å². The standard InChI is InChI=1S/C13H13F2N3O/c1-19-12-7-17-13(18-8-12)16-3-2-9-4-10(14)6-11(15)5-9/h4-8H,2-3H2,1H3,(H,16,17,18). The largest absolute Gasteiger partial charge is 0.494 e. The van der Waals surface area contributed by atoms with Gasteiger partial charge in [-0.3, -0.25) is 0 Å². The summed E-state index contributed by atoms with van der Waals surface area (Å²) >= 11 is 0. The molecular weight excluding hydrogens is 252 g/mol. The number of halogens is 2. The maximum atomic E-state index is 13.0. The van der Waals surface area contributed by atoms with Crippen LogP contribution < -0.4 is 10.1 Å². The SMILES string of the molecule is COc1cnc(NCCc2cc(F)cc(F)c2)nc1. The lowest BCUT2D eigenvalue weighted by molar-refractivity contribution is 0.411. The minimum absolute atomic E-state index is 0.442. The molecule has 19 heavy (non-hydrogen) atoms. The van der Waals surface area contributed by atoms with Crippen molar-refractivity contribution in [1.29, 1.82) is 0 Å². The first-order valence-electron chi connectivity index (χ1n) is 5.72. The molecule has 1 N–H and O–H groups in total. The van der Waals surface area contributed by atoms with Gasteiger partial charge in [-0.2, -0.15) is 0 Å². The van der Waals surface area contributed by atoms with Crippen LogP contribution in [0.2, 0.25) is 0 Å². The molecule has 0 bridgehead atoms. The quantitative estimate of drug-likeness (QED) is 0.902. The van der Waals surface area contributed by atoms with Gasteiger partial charge in [-0.15, -0.1) is 0 Å². The number of methoxy groups -OCH3 is 1. The van der Waals surface area contributed by atoms with Crippen LogP contribution in [0.25, 0.3) is 0 Å². The smallest absolute Gasteiger partial charge is 0.222 e. The first-order chi connectivity index (χ1) is 9.17. The third-order valence-corrected chi connectivity index (χ3v) is 2.48. The number of anilines is 1. The van der Waals surface area contributed by atoms with E-state index in [1.165, 1.54) is 31.6 Å². The number of nitrogens with zero attached hydrogens (tertiary/aromatic N) is 2. The van der Waals surface area contributed by atoms with Gasteiger partial charge in [-0.25, -0.2) is 18.7 Å². The van der Waals surface area contributed by atoms with Gasteiger partial charge in [0.2, 0.25) is 5.95 Å². The Bertz CT molecular complexity index is 526. The molecule has 0 aliphatic carbocycles. The topological polar surface area (TPSA) is 47.0 Å². The van der Waals surface area contributed by atoms with Gasteiger partial charge in [0.1, 0.15) is 11.6 Å². The number of hydrogen-bond acceptors (Lipinski definition) is 4. The number of aromatic nitrogens is 2. The van der Waals surface area contributed by atoms with Crippen molar-refractivity contribution in [1.82, 2.24) is 9.97 Å². The van der Waals surface area contributed by atoms with Crippen molar-refractivity contribution in [2.24, 2.45) is 0 Å². The monoisotopic (exact) mass is 265 g/mol. The fourth-order valence-corrected chi connectivity index (χ4v) is 1.59. The molecule has 1 aromatic heterocycles. The Morgan fingerprint density at radius 3 is 2.32 bits per heavy atom. The van der Waals surface area contributed by atoms with E-state index in [0.29, 0.717) is 30.2 Å². The normalized spacial score (nSPS) is 10.3. The van der Waals surface area contributed by atoms with Crippen molar-refractivity contribution in [3.8, 4) is 5.75 Å². The van der Waals surface area contributed by atoms with E-state index < -0.39 is 11.6 Å². The fourth-order valence-electron chi connectivity index (χ4n) is 1.59. The van der Waals surface area contributed by atoms with Crippen molar-refractivity contribution in [2.75, 3.05) is 19.0 Å². The molecule has 0 saturated carbocycles. The van der Waals surface area contributed by atoms with Gasteiger partial charge in [-0.05, 0) is 24.1 Å². The summed E-state index contributed by atoms with van der Waals surface area (Å²) < 4.78 is 30.9. The number of rotatable bonds is 5. The lowest BCUT2D eigenvalue weighted by Crippen LogP contribution is -2.08. The zero-order chi connectivity index (χ0) is 13.7. The van der Waals surface area contributed by atoms with E-state index in [2.05, 4.69) is 15.3 Å². The Labute approximate surface area is 109 Å². The highest BCUT2D eigenvalue weighted by Gasteiger charge is 2.01. The summed E-state index contributed by atoms with van der Waals surface area (Å²) in [4.78, 5) is 8.04. The predicted octanol–water partition coefficient (Wildman–Crippen LogP) is 2.42. The average molecular weight is 265 g/mol. The molecule has 0 amide bonds. The second-order valence-electron chi connectivity index (χ2n) is 3.90. The Balaban J connectivity index is 1.88. The summed E-state index contributed by atoms with van der Waals surface area (Å²) in [5.41, 5.74) is 0.582. The maximum absolute atomic E-state index is 13.0. The Hall–Kier alpha value is -2.24. The molecule has 6 heteroatoms. The summed E-state index contributed by atoms with van der Waals surface area (Å²) in [6, 6.07) is 3.46. The summed E-state index contributed by atoms with van der Waals surface area (Å²) in [7, 11) is 1.53. The van der Waals surface area contributed by atoms with Crippen LogP contribution in [-0.4, -0.2) is 23.6 Å². The minimum atomic E-state index is -0.573. The zero-order valence-electron chi connectivity index (χ0n) is 10.4. The molecule has 0 radical (unpaired) electrons. The van der Waals surface area contributed by atoms with Gasteiger partial charge in [0.25, 0.3) is 0 Å². The van der Waals surface area contributed by atoms with Crippen molar-refractivity contribution >= 4 is 5.95 Å². The Kier molecular flexibility index (Phi) is 4.22. The van der Waals surface area contributed by atoms with Crippen LogP contribution in [0.3, 0.4) is 0 Å². The molecule has 1 aromatic carbocycles. The summed E-state index contributed by atoms with van der Waals surface area (Å²) in [6.45, 7) is 0.481. The van der Waals surface area contributed by atoms with E-state index >= 15 is 0 Å². The molecular formula is C13H13F2N3O. The van der Waals surface area contributed by atoms with E-state index in [1.807, 2.05) is 0 Å². The Morgan fingerprint density at radius 1 is 1.11 bits per heavy atom. The number of hydrogen-bond donors (Lipinski definition) is 1. The van der Waals surface area contributed by atoms with Gasteiger partial charge >= 0.3 is 0 Å². The van der Waals surface area contributed by atoms with Crippen LogP contribution in [-0.2, 0) is 6.42 Å². The highest BCUT2D eigenvalue weighted by atomic mass is 19.1. The van der Waals surface area contributed by atoms with Crippen LogP contribution >= 0.6 is 0 Å². The van der Waals surface area contributed by atoms with Gasteiger partial charge in [-0.1, -0.05) is 0 Å². The van der Waals surface area contributed by atoms with E-state index in [4.69, 9.17) is 4.74 Å². The molecule has 4 nitrogen and oxygen atoms in total. The first-order valence-corrected chi connectivity index (χ1v) is 5.72. The van der Waals surface area contributed by atoms with Gasteiger partial charge in [0, 0.05) is 12.6 Å². The van der Waals surface area contributed by atoms with Crippen LogP contribution in [0.15, 0.2) is 30.6 Å². The van der Waals surface area contributed by atoms with E-state index in [-0.39, 0.29) is 0 Å². The molecule has 0 atom stereocenters. The van der Waals surface area contributed by atoms with E-state index in [1.54, 1.807) is 0 Å². The fraction of sp³-hybridized carbons (Fsp3) is 0.231. The second kappa shape index (κ2) is 6.08. The van der Waals surface area contributed by atoms with Crippen LogP contribution in [0.5, 0.6) is 5.75 Å². The second-order valence-corrected chi connectivity index (χ2v) is 3.90. The molecule has 0 spiro atoms. The van der Waals surface area contributed by atoms with Crippen molar-refractivity contribution in [3.63, 3.8) is 0 Å². The van der Waals surface area contributed by atoms with Crippen molar-refractivity contribution < 1.29 is 13.5 Å². The Morgan fingerprint density at radius 2 is 1.74 bits per heavy atom. The van der Waals surface area contributed by atoms with Crippen LogP contribution in [0, 0.1) is 11.6 Å². The average Bonchev–Trinajstić information content (AvgIpc) is 2.38.